The summed E-state index contributed by atoms with van der Waals surface area (Å²) < 4.78 is 32.7. The van der Waals surface area contributed by atoms with E-state index in [1.807, 2.05) is 0 Å². The Balaban J connectivity index is 2.07. The van der Waals surface area contributed by atoms with E-state index in [9.17, 15) is 13.6 Å². The third-order valence-electron chi connectivity index (χ3n) is 2.95. The third-order valence-corrected chi connectivity index (χ3v) is 2.95. The maximum atomic E-state index is 13.7. The summed E-state index contributed by atoms with van der Waals surface area (Å²) in [6.07, 6.45) is 1.59. The summed E-state index contributed by atoms with van der Waals surface area (Å²) in [4.78, 5) is 11.1. The van der Waals surface area contributed by atoms with Crippen LogP contribution in [0.25, 0.3) is 0 Å². The second-order valence-electron chi connectivity index (χ2n) is 4.51. The molecule has 5 nitrogen and oxygen atoms in total. The van der Waals surface area contributed by atoms with Crippen molar-refractivity contribution in [2.45, 2.75) is 19.5 Å². The van der Waals surface area contributed by atoms with Crippen molar-refractivity contribution in [2.24, 2.45) is 0 Å². The van der Waals surface area contributed by atoms with Gasteiger partial charge in [0.25, 0.3) is 0 Å². The molecule has 0 aliphatic carbocycles. The molecule has 0 bridgehead atoms. The maximum Gasteiger partial charge on any atom is 0.327 e. The summed E-state index contributed by atoms with van der Waals surface area (Å²) in [7, 11) is 1.29. The van der Waals surface area contributed by atoms with Gasteiger partial charge in [0, 0.05) is 17.8 Å². The van der Waals surface area contributed by atoms with Crippen molar-refractivity contribution in [3.8, 4) is 0 Å². The maximum absolute atomic E-state index is 13.7. The van der Waals surface area contributed by atoms with Gasteiger partial charge in [-0.2, -0.15) is 5.10 Å². The van der Waals surface area contributed by atoms with Crippen molar-refractivity contribution in [3.05, 3.63) is 47.7 Å². The summed E-state index contributed by atoms with van der Waals surface area (Å²) in [5.74, 6) is -0.967. The summed E-state index contributed by atoms with van der Waals surface area (Å²) in [6.45, 7) is 1.68. The Morgan fingerprint density at radius 1 is 1.43 bits per heavy atom. The lowest BCUT2D eigenvalue weighted by molar-refractivity contribution is -0.141. The Labute approximate surface area is 120 Å². The molecule has 0 saturated carbocycles. The molecule has 1 aromatic carbocycles. The SMILES string of the molecule is COC(=O)Cn1ccc(N[C@@H](C)c2cc(F)ccc2F)n1. The molecule has 0 aliphatic rings. The zero-order chi connectivity index (χ0) is 15.4. The van der Waals surface area contributed by atoms with Gasteiger partial charge in [0.1, 0.15) is 24.0 Å². The highest BCUT2D eigenvalue weighted by Crippen LogP contribution is 2.21. The number of nitrogens with one attached hydrogen (secondary N) is 1. The monoisotopic (exact) mass is 295 g/mol. The van der Waals surface area contributed by atoms with E-state index in [0.717, 1.165) is 18.2 Å². The van der Waals surface area contributed by atoms with Crippen molar-refractivity contribution < 1.29 is 18.3 Å². The molecule has 0 amide bonds. The molecule has 1 N–H and O–H groups in total. The normalized spacial score (nSPS) is 12.0. The summed E-state index contributed by atoms with van der Waals surface area (Å²) >= 11 is 0. The highest BCUT2D eigenvalue weighted by atomic mass is 19.1. The summed E-state index contributed by atoms with van der Waals surface area (Å²) in [6, 6.07) is 4.45. The summed E-state index contributed by atoms with van der Waals surface area (Å²) in [5, 5.41) is 7.05. The highest BCUT2D eigenvalue weighted by molar-refractivity contribution is 5.68. The standard InChI is InChI=1S/C14H15F2N3O2/c1-9(11-7-10(15)3-4-12(11)16)17-13-5-6-19(18-13)8-14(20)21-2/h3-7,9H,8H2,1-2H3,(H,17,18)/t9-/m0/s1. The number of hydrogen-bond acceptors (Lipinski definition) is 4. The molecule has 1 aromatic heterocycles. The van der Waals surface area contributed by atoms with E-state index in [-0.39, 0.29) is 12.1 Å². The molecule has 0 fully saturated rings. The number of rotatable bonds is 5. The lowest BCUT2D eigenvalue weighted by atomic mass is 10.1. The van der Waals surface area contributed by atoms with Gasteiger partial charge in [-0.1, -0.05) is 0 Å². The zero-order valence-electron chi connectivity index (χ0n) is 11.6. The number of anilines is 1. The van der Waals surface area contributed by atoms with Crippen LogP contribution in [-0.2, 0) is 16.1 Å². The van der Waals surface area contributed by atoms with E-state index >= 15 is 0 Å². The van der Waals surface area contributed by atoms with Crippen LogP contribution in [0.15, 0.2) is 30.5 Å². The van der Waals surface area contributed by atoms with Crippen LogP contribution in [0.5, 0.6) is 0 Å². The summed E-state index contributed by atoms with van der Waals surface area (Å²) in [5.41, 5.74) is 0.206. The molecule has 1 atom stereocenters. The Morgan fingerprint density at radius 2 is 2.19 bits per heavy atom. The number of esters is 1. The van der Waals surface area contributed by atoms with Crippen molar-refractivity contribution >= 4 is 11.8 Å². The molecule has 0 radical (unpaired) electrons. The molecule has 0 unspecified atom stereocenters. The van der Waals surface area contributed by atoms with Gasteiger partial charge in [0.05, 0.1) is 13.2 Å². The van der Waals surface area contributed by atoms with Crippen molar-refractivity contribution in [1.29, 1.82) is 0 Å². The second kappa shape index (κ2) is 6.34. The number of carbonyl (C=O) groups is 1. The molecule has 1 heterocycles. The number of carbonyl (C=O) groups excluding carboxylic acids is 1. The molecule has 7 heteroatoms. The van der Waals surface area contributed by atoms with Crippen LogP contribution in [0.3, 0.4) is 0 Å². The van der Waals surface area contributed by atoms with Crippen LogP contribution in [0.1, 0.15) is 18.5 Å². The number of nitrogens with zero attached hydrogens (tertiary/aromatic N) is 2. The van der Waals surface area contributed by atoms with Crippen LogP contribution in [0, 0.1) is 11.6 Å². The fraction of sp³-hybridized carbons (Fsp3) is 0.286. The van der Waals surface area contributed by atoms with Gasteiger partial charge in [-0.15, -0.1) is 0 Å². The van der Waals surface area contributed by atoms with E-state index < -0.39 is 23.6 Å². The Bertz CT molecular complexity index is 643. The van der Waals surface area contributed by atoms with Gasteiger partial charge in [-0.25, -0.2) is 8.78 Å². The van der Waals surface area contributed by atoms with Gasteiger partial charge in [-0.3, -0.25) is 9.48 Å². The van der Waals surface area contributed by atoms with Gasteiger partial charge in [0.15, 0.2) is 0 Å². The number of aromatic nitrogens is 2. The molecule has 0 saturated heterocycles. The van der Waals surface area contributed by atoms with Crippen LogP contribution in [-0.4, -0.2) is 22.9 Å². The van der Waals surface area contributed by atoms with Crippen molar-refractivity contribution in [3.63, 3.8) is 0 Å². The van der Waals surface area contributed by atoms with E-state index in [1.165, 1.54) is 11.8 Å². The topological polar surface area (TPSA) is 56.1 Å². The number of methoxy groups -OCH3 is 1. The highest BCUT2D eigenvalue weighted by Gasteiger charge is 2.13. The molecular formula is C14H15F2N3O2. The first-order chi connectivity index (χ1) is 9.99. The van der Waals surface area contributed by atoms with Crippen LogP contribution >= 0.6 is 0 Å². The van der Waals surface area contributed by atoms with Gasteiger partial charge < -0.3 is 10.1 Å². The van der Waals surface area contributed by atoms with Gasteiger partial charge in [0.2, 0.25) is 0 Å². The van der Waals surface area contributed by atoms with Crippen molar-refractivity contribution in [2.75, 3.05) is 12.4 Å². The minimum absolute atomic E-state index is 0.0130. The van der Waals surface area contributed by atoms with Crippen molar-refractivity contribution in [1.82, 2.24) is 9.78 Å². The van der Waals surface area contributed by atoms with E-state index in [0.29, 0.717) is 5.82 Å². The number of ether oxygens (including phenoxy) is 1. The van der Waals surface area contributed by atoms with Gasteiger partial charge >= 0.3 is 5.97 Å². The molecule has 21 heavy (non-hydrogen) atoms. The minimum atomic E-state index is -0.503. The number of hydrogen-bond donors (Lipinski definition) is 1. The Kier molecular flexibility index (Phi) is 4.52. The van der Waals surface area contributed by atoms with E-state index in [2.05, 4.69) is 15.2 Å². The number of halogens is 2. The predicted octanol–water partition coefficient (Wildman–Crippen LogP) is 2.51. The second-order valence-corrected chi connectivity index (χ2v) is 4.51. The quantitative estimate of drug-likeness (QED) is 0.861. The first-order valence-corrected chi connectivity index (χ1v) is 6.31. The molecule has 2 rings (SSSR count). The van der Waals surface area contributed by atoms with Gasteiger partial charge in [-0.05, 0) is 25.1 Å². The third kappa shape index (κ3) is 3.77. The fourth-order valence-electron chi connectivity index (χ4n) is 1.87. The fourth-order valence-corrected chi connectivity index (χ4v) is 1.87. The predicted molar refractivity (Wildman–Crippen MR) is 72.6 cm³/mol. The largest absolute Gasteiger partial charge is 0.468 e. The zero-order valence-corrected chi connectivity index (χ0v) is 11.6. The van der Waals surface area contributed by atoms with Crippen LogP contribution < -0.4 is 5.32 Å². The lowest BCUT2D eigenvalue weighted by Gasteiger charge is -2.14. The average molecular weight is 295 g/mol. The van der Waals surface area contributed by atoms with E-state index in [4.69, 9.17) is 0 Å². The van der Waals surface area contributed by atoms with Crippen LogP contribution in [0.4, 0.5) is 14.6 Å². The molecule has 0 aliphatic heterocycles. The first kappa shape index (κ1) is 15.0. The lowest BCUT2D eigenvalue weighted by Crippen LogP contribution is -2.13. The number of benzene rings is 1. The first-order valence-electron chi connectivity index (χ1n) is 6.31. The molecule has 112 valence electrons. The van der Waals surface area contributed by atoms with E-state index in [1.54, 1.807) is 19.2 Å². The van der Waals surface area contributed by atoms with Crippen LogP contribution in [0.2, 0.25) is 0 Å². The Morgan fingerprint density at radius 3 is 2.90 bits per heavy atom. The minimum Gasteiger partial charge on any atom is -0.468 e. The molecular weight excluding hydrogens is 280 g/mol. The average Bonchev–Trinajstić information content (AvgIpc) is 2.88. The smallest absolute Gasteiger partial charge is 0.327 e. The Hall–Kier alpha value is -2.44. The molecule has 2 aromatic rings. The molecule has 0 spiro atoms.